The van der Waals surface area contributed by atoms with Crippen molar-refractivity contribution >= 4 is 0 Å². The highest BCUT2D eigenvalue weighted by atomic mass is 19.4. The molecule has 0 bridgehead atoms. The SMILES string of the molecule is NCc1ccc(COC(C(F)(F)F)C(F)(F)F)o1. The number of hydrogen-bond acceptors (Lipinski definition) is 3. The Bertz CT molecular complexity index is 369. The van der Waals surface area contributed by atoms with Crippen molar-refractivity contribution in [3.05, 3.63) is 23.7 Å². The molecule has 0 saturated heterocycles. The standard InChI is InChI=1S/C9H9F6NO2/c10-8(11,12)7(9(13,14)15)17-4-6-2-1-5(3-16)18-6/h1-2,7H,3-4,16H2. The van der Waals surface area contributed by atoms with Gasteiger partial charge in [-0.3, -0.25) is 0 Å². The number of ether oxygens (including phenoxy) is 1. The lowest BCUT2D eigenvalue weighted by molar-refractivity contribution is -0.325. The Balaban J connectivity index is 2.68. The molecule has 104 valence electrons. The fourth-order valence-corrected chi connectivity index (χ4v) is 1.15. The van der Waals surface area contributed by atoms with E-state index in [9.17, 15) is 26.3 Å². The first kappa shape index (κ1) is 14.8. The third-order valence-corrected chi connectivity index (χ3v) is 1.91. The third-order valence-electron chi connectivity index (χ3n) is 1.91. The zero-order chi connectivity index (χ0) is 14.0. The Morgan fingerprint density at radius 1 is 1.06 bits per heavy atom. The molecule has 0 aliphatic heterocycles. The number of alkyl halides is 6. The van der Waals surface area contributed by atoms with Crippen molar-refractivity contribution in [2.45, 2.75) is 31.6 Å². The third kappa shape index (κ3) is 3.91. The molecular formula is C9H9F6NO2. The van der Waals surface area contributed by atoms with Crippen LogP contribution in [0.1, 0.15) is 11.5 Å². The van der Waals surface area contributed by atoms with Gasteiger partial charge in [0.1, 0.15) is 18.1 Å². The van der Waals surface area contributed by atoms with Crippen LogP contribution < -0.4 is 5.73 Å². The molecule has 0 aromatic carbocycles. The van der Waals surface area contributed by atoms with Crippen LogP contribution in [0.5, 0.6) is 0 Å². The highest BCUT2D eigenvalue weighted by Gasteiger charge is 2.58. The fourth-order valence-electron chi connectivity index (χ4n) is 1.15. The summed E-state index contributed by atoms with van der Waals surface area (Å²) in [5.74, 6) is 0.0816. The maximum atomic E-state index is 12.1. The van der Waals surface area contributed by atoms with E-state index in [1.54, 1.807) is 0 Å². The zero-order valence-corrected chi connectivity index (χ0v) is 8.81. The molecule has 9 heteroatoms. The van der Waals surface area contributed by atoms with Crippen molar-refractivity contribution in [2.24, 2.45) is 5.73 Å². The Kier molecular flexibility index (Phi) is 4.28. The van der Waals surface area contributed by atoms with Crippen LogP contribution in [0.4, 0.5) is 26.3 Å². The molecule has 0 fully saturated rings. The van der Waals surface area contributed by atoms with Crippen LogP contribution in [-0.2, 0) is 17.9 Å². The van der Waals surface area contributed by atoms with Gasteiger partial charge in [-0.15, -0.1) is 0 Å². The molecule has 0 spiro atoms. The number of nitrogens with two attached hydrogens (primary N) is 1. The lowest BCUT2D eigenvalue weighted by Gasteiger charge is -2.22. The molecule has 1 aromatic heterocycles. The molecule has 0 aliphatic rings. The van der Waals surface area contributed by atoms with Gasteiger partial charge >= 0.3 is 12.4 Å². The molecule has 1 heterocycles. The van der Waals surface area contributed by atoms with Gasteiger partial charge in [0.15, 0.2) is 0 Å². The van der Waals surface area contributed by atoms with Crippen LogP contribution in [0.2, 0.25) is 0 Å². The van der Waals surface area contributed by atoms with E-state index in [1.165, 1.54) is 12.1 Å². The highest BCUT2D eigenvalue weighted by molar-refractivity contribution is 5.06. The summed E-state index contributed by atoms with van der Waals surface area (Å²) in [6, 6.07) is 2.54. The predicted molar refractivity (Wildman–Crippen MR) is 47.3 cm³/mol. The largest absolute Gasteiger partial charge is 0.462 e. The van der Waals surface area contributed by atoms with Gasteiger partial charge in [0.25, 0.3) is 0 Å². The minimum Gasteiger partial charge on any atom is -0.462 e. The Hall–Kier alpha value is -1.22. The monoisotopic (exact) mass is 277 g/mol. The molecule has 3 nitrogen and oxygen atoms in total. The van der Waals surface area contributed by atoms with E-state index in [1.807, 2.05) is 0 Å². The average molecular weight is 277 g/mol. The van der Waals surface area contributed by atoms with Crippen molar-refractivity contribution in [1.82, 2.24) is 0 Å². The second kappa shape index (κ2) is 5.19. The van der Waals surface area contributed by atoms with Gasteiger partial charge < -0.3 is 14.9 Å². The van der Waals surface area contributed by atoms with Crippen LogP contribution in [0.25, 0.3) is 0 Å². The van der Waals surface area contributed by atoms with Crippen molar-refractivity contribution in [3.63, 3.8) is 0 Å². The topological polar surface area (TPSA) is 48.4 Å². The number of halogens is 6. The van der Waals surface area contributed by atoms with Gasteiger partial charge in [-0.2, -0.15) is 26.3 Å². The van der Waals surface area contributed by atoms with Crippen LogP contribution in [-0.4, -0.2) is 18.5 Å². The molecule has 18 heavy (non-hydrogen) atoms. The summed E-state index contributed by atoms with van der Waals surface area (Å²) in [5, 5.41) is 0. The van der Waals surface area contributed by atoms with Crippen molar-refractivity contribution in [3.8, 4) is 0 Å². The van der Waals surface area contributed by atoms with Crippen LogP contribution in [0.3, 0.4) is 0 Å². The van der Waals surface area contributed by atoms with E-state index in [4.69, 9.17) is 10.2 Å². The van der Waals surface area contributed by atoms with Gasteiger partial charge in [0.2, 0.25) is 6.10 Å². The van der Waals surface area contributed by atoms with Crippen molar-refractivity contribution in [1.29, 1.82) is 0 Å². The molecular weight excluding hydrogens is 268 g/mol. The molecule has 0 amide bonds. The smallest absolute Gasteiger partial charge is 0.423 e. The van der Waals surface area contributed by atoms with E-state index >= 15 is 0 Å². The van der Waals surface area contributed by atoms with Gasteiger partial charge in [-0.1, -0.05) is 0 Å². The normalized spacial score (nSPS) is 13.3. The first-order chi connectivity index (χ1) is 8.14. The molecule has 0 radical (unpaired) electrons. The minimum atomic E-state index is -5.53. The van der Waals surface area contributed by atoms with E-state index in [-0.39, 0.29) is 18.1 Å². The molecule has 0 saturated carbocycles. The van der Waals surface area contributed by atoms with E-state index in [2.05, 4.69) is 4.74 Å². The summed E-state index contributed by atoms with van der Waals surface area (Å²) in [6.07, 6.45) is -14.9. The Morgan fingerprint density at radius 2 is 1.56 bits per heavy atom. The van der Waals surface area contributed by atoms with Crippen molar-refractivity contribution in [2.75, 3.05) is 0 Å². The van der Waals surface area contributed by atoms with Crippen LogP contribution in [0.15, 0.2) is 16.5 Å². The molecule has 0 aliphatic carbocycles. The predicted octanol–water partition coefficient (Wildman–Crippen LogP) is 2.75. The van der Waals surface area contributed by atoms with E-state index in [0.717, 1.165) is 0 Å². The maximum absolute atomic E-state index is 12.1. The molecule has 0 unspecified atom stereocenters. The second-order valence-corrected chi connectivity index (χ2v) is 3.35. The lowest BCUT2D eigenvalue weighted by Crippen LogP contribution is -2.44. The van der Waals surface area contributed by atoms with E-state index < -0.39 is 25.1 Å². The summed E-state index contributed by atoms with van der Waals surface area (Å²) in [5.41, 5.74) is 5.16. The molecule has 0 atom stereocenters. The maximum Gasteiger partial charge on any atom is 0.423 e. The fraction of sp³-hybridized carbons (Fsp3) is 0.556. The van der Waals surface area contributed by atoms with Crippen LogP contribution in [0, 0.1) is 0 Å². The first-order valence-electron chi connectivity index (χ1n) is 4.67. The summed E-state index contributed by atoms with van der Waals surface area (Å²) in [6.45, 7) is -0.953. The van der Waals surface area contributed by atoms with Crippen LogP contribution >= 0.6 is 0 Å². The number of furan rings is 1. The second-order valence-electron chi connectivity index (χ2n) is 3.35. The van der Waals surface area contributed by atoms with Crippen molar-refractivity contribution < 1.29 is 35.5 Å². The van der Waals surface area contributed by atoms with Gasteiger partial charge in [0, 0.05) is 0 Å². The quantitative estimate of drug-likeness (QED) is 0.861. The minimum absolute atomic E-state index is 0.0119. The number of hydrogen-bond donors (Lipinski definition) is 1. The molecule has 1 rings (SSSR count). The van der Waals surface area contributed by atoms with Gasteiger partial charge in [-0.05, 0) is 12.1 Å². The first-order valence-corrected chi connectivity index (χ1v) is 4.67. The molecule has 1 aromatic rings. The summed E-state index contributed by atoms with van der Waals surface area (Å²) >= 11 is 0. The van der Waals surface area contributed by atoms with Gasteiger partial charge in [-0.25, -0.2) is 0 Å². The highest BCUT2D eigenvalue weighted by Crippen LogP contribution is 2.36. The Labute approximate surface area is 97.5 Å². The Morgan fingerprint density at radius 3 is 1.94 bits per heavy atom. The lowest BCUT2D eigenvalue weighted by atomic mass is 10.3. The summed E-state index contributed by atoms with van der Waals surface area (Å²) in [4.78, 5) is 0. The average Bonchev–Trinajstić information content (AvgIpc) is 2.61. The zero-order valence-electron chi connectivity index (χ0n) is 8.81. The van der Waals surface area contributed by atoms with Gasteiger partial charge in [0.05, 0.1) is 6.54 Å². The number of rotatable bonds is 4. The summed E-state index contributed by atoms with van der Waals surface area (Å²) in [7, 11) is 0. The summed E-state index contributed by atoms with van der Waals surface area (Å²) < 4.78 is 81.2. The van der Waals surface area contributed by atoms with E-state index in [0.29, 0.717) is 0 Å². The molecule has 2 N–H and O–H groups in total.